The monoisotopic (exact) mass is 1020 g/mol. The van der Waals surface area contributed by atoms with Crippen LogP contribution in [0.3, 0.4) is 0 Å². The SMILES string of the molecule is C[C@@H]1OC(=O)CC(O)CC(O)CCC(O)C(O)C[C@H](O)CC2(O)C[C@H](O)C(C(=O)NC3CCCC[C@H]3N)[C@H](CC(O[C@@H]3O[C@H](C)[C@@H](O)[C@H](N)[C@@H]3O)/C=C/C=C/C=C/C=C/C=C/C=C/C=C/[C@H](C)C(O)[C@H]1C)O2. The molecule has 19 nitrogen and oxygen atoms in total. The molecule has 3 fully saturated rings. The maximum absolute atomic E-state index is 14.2. The smallest absolute Gasteiger partial charge is 0.308 e. The van der Waals surface area contributed by atoms with E-state index in [1.807, 2.05) is 49.5 Å². The molecule has 15 N–H and O–H groups in total. The van der Waals surface area contributed by atoms with Crippen molar-refractivity contribution in [1.29, 1.82) is 0 Å². The molecule has 1 aliphatic carbocycles. The van der Waals surface area contributed by atoms with Gasteiger partial charge in [0.2, 0.25) is 5.91 Å². The minimum Gasteiger partial charge on any atom is -0.462 e. The Kier molecular flexibility index (Phi) is 25.6. The van der Waals surface area contributed by atoms with E-state index in [9.17, 15) is 60.7 Å². The molecule has 3 aliphatic heterocycles. The molecule has 0 radical (unpaired) electrons. The van der Waals surface area contributed by atoms with Crippen molar-refractivity contribution in [2.75, 3.05) is 0 Å². The average Bonchev–Trinajstić information content (AvgIpc) is 3.30. The van der Waals surface area contributed by atoms with Crippen LogP contribution in [-0.4, -0.2) is 172 Å². The lowest BCUT2D eigenvalue weighted by Gasteiger charge is -2.46. The number of allylic oxidation sites excluding steroid dienone is 12. The van der Waals surface area contributed by atoms with Crippen molar-refractivity contribution in [2.45, 2.75) is 214 Å². The lowest BCUT2D eigenvalue weighted by Crippen LogP contribution is -2.62. The second kappa shape index (κ2) is 30.2. The number of hydrogen-bond acceptors (Lipinski definition) is 18. The number of ether oxygens (including phenoxy) is 4. The number of amides is 1. The van der Waals surface area contributed by atoms with E-state index >= 15 is 0 Å². The van der Waals surface area contributed by atoms with Crippen LogP contribution < -0.4 is 16.8 Å². The number of hydrogen-bond donors (Lipinski definition) is 13. The molecule has 1 amide bonds. The van der Waals surface area contributed by atoms with Crippen LogP contribution in [0.15, 0.2) is 85.1 Å². The Morgan fingerprint density at radius 2 is 1.25 bits per heavy atom. The third-order valence-corrected chi connectivity index (χ3v) is 14.2. The molecule has 72 heavy (non-hydrogen) atoms. The van der Waals surface area contributed by atoms with E-state index in [1.54, 1.807) is 63.3 Å². The van der Waals surface area contributed by atoms with Crippen LogP contribution in [0.5, 0.6) is 0 Å². The highest BCUT2D eigenvalue weighted by molar-refractivity contribution is 5.80. The summed E-state index contributed by atoms with van der Waals surface area (Å²) in [6, 6.07) is -1.85. The number of nitrogens with one attached hydrogen (secondary N) is 1. The van der Waals surface area contributed by atoms with E-state index in [4.69, 9.17) is 30.4 Å². The summed E-state index contributed by atoms with van der Waals surface area (Å²) >= 11 is 0. The number of aliphatic hydroxyl groups is 10. The van der Waals surface area contributed by atoms with Gasteiger partial charge in [0.05, 0.1) is 85.5 Å². The Balaban J connectivity index is 1.61. The molecular weight excluding hydrogens is 935 g/mol. The molecule has 3 heterocycles. The summed E-state index contributed by atoms with van der Waals surface area (Å²) in [5.41, 5.74) is 12.5. The first-order valence-electron chi connectivity index (χ1n) is 25.6. The van der Waals surface area contributed by atoms with Gasteiger partial charge in [-0.2, -0.15) is 0 Å². The summed E-state index contributed by atoms with van der Waals surface area (Å²) in [5, 5.41) is 113. The summed E-state index contributed by atoms with van der Waals surface area (Å²) in [6.07, 6.45) is 7.82. The van der Waals surface area contributed by atoms with E-state index < -0.39 is 147 Å². The summed E-state index contributed by atoms with van der Waals surface area (Å²) in [7, 11) is 0. The Bertz CT molecular complexity index is 1860. The molecule has 2 saturated heterocycles. The Morgan fingerprint density at radius 3 is 1.88 bits per heavy atom. The topological polar surface area (TPSA) is 337 Å². The van der Waals surface area contributed by atoms with Crippen molar-refractivity contribution in [1.82, 2.24) is 5.32 Å². The fraction of sp³-hybridized carbons (Fsp3) is 0.698. The summed E-state index contributed by atoms with van der Waals surface area (Å²) in [4.78, 5) is 26.9. The van der Waals surface area contributed by atoms with Crippen molar-refractivity contribution >= 4 is 11.9 Å². The molecule has 0 spiro atoms. The van der Waals surface area contributed by atoms with E-state index in [1.165, 1.54) is 0 Å². The molecule has 4 aliphatic rings. The maximum atomic E-state index is 14.2. The van der Waals surface area contributed by atoms with E-state index in [2.05, 4.69) is 5.32 Å². The molecule has 0 aromatic carbocycles. The van der Waals surface area contributed by atoms with E-state index in [0.717, 1.165) is 12.8 Å². The molecule has 19 heteroatoms. The van der Waals surface area contributed by atoms with Crippen molar-refractivity contribution < 1.29 is 79.6 Å². The first-order valence-corrected chi connectivity index (χ1v) is 25.6. The van der Waals surface area contributed by atoms with Gasteiger partial charge in [-0.3, -0.25) is 9.59 Å². The van der Waals surface area contributed by atoms with Crippen LogP contribution in [0.25, 0.3) is 0 Å². The quantitative estimate of drug-likeness (QED) is 0.175. The largest absolute Gasteiger partial charge is 0.462 e. The van der Waals surface area contributed by atoms with Gasteiger partial charge in [0.15, 0.2) is 12.1 Å². The van der Waals surface area contributed by atoms with Gasteiger partial charge in [-0.1, -0.05) is 112 Å². The van der Waals surface area contributed by atoms with Gasteiger partial charge in [0.25, 0.3) is 0 Å². The predicted octanol–water partition coefficient (Wildman–Crippen LogP) is 1.01. The highest BCUT2D eigenvalue weighted by Gasteiger charge is 2.51. The zero-order valence-corrected chi connectivity index (χ0v) is 42.2. The highest BCUT2D eigenvalue weighted by atomic mass is 16.7. The van der Waals surface area contributed by atoms with Gasteiger partial charge in [0, 0.05) is 49.6 Å². The van der Waals surface area contributed by atoms with Gasteiger partial charge in [-0.05, 0) is 46.0 Å². The molecular formula is C53H85N3O16. The van der Waals surface area contributed by atoms with Crippen molar-refractivity contribution in [3.05, 3.63) is 85.1 Å². The Hall–Kier alpha value is -3.48. The van der Waals surface area contributed by atoms with Crippen LogP contribution in [-0.2, 0) is 28.5 Å². The van der Waals surface area contributed by atoms with Crippen molar-refractivity contribution in [3.63, 3.8) is 0 Å². The number of esters is 1. The molecule has 2 bridgehead atoms. The number of carbonyl (C=O) groups excluding carboxylic acids is 2. The average molecular weight is 1020 g/mol. The number of carbonyl (C=O) groups is 2. The van der Waals surface area contributed by atoms with Crippen molar-refractivity contribution in [3.8, 4) is 0 Å². The number of aliphatic hydroxyl groups excluding tert-OH is 9. The molecule has 4 rings (SSSR count). The van der Waals surface area contributed by atoms with E-state index in [0.29, 0.717) is 12.8 Å². The molecule has 1 saturated carbocycles. The summed E-state index contributed by atoms with van der Waals surface area (Å²) < 4.78 is 23.9. The summed E-state index contributed by atoms with van der Waals surface area (Å²) in [5.74, 6) is -5.60. The lowest BCUT2D eigenvalue weighted by molar-refractivity contribution is -0.307. The number of cyclic esters (lactones) is 1. The first kappa shape index (κ1) is 61.1. The Morgan fingerprint density at radius 1 is 0.653 bits per heavy atom. The predicted molar refractivity (Wildman–Crippen MR) is 268 cm³/mol. The van der Waals surface area contributed by atoms with Crippen molar-refractivity contribution in [2.24, 2.45) is 29.2 Å². The molecule has 0 aromatic rings. The van der Waals surface area contributed by atoms with Crippen LogP contribution in [0.2, 0.25) is 0 Å². The zero-order valence-electron chi connectivity index (χ0n) is 42.2. The van der Waals surface area contributed by atoms with Gasteiger partial charge in [0.1, 0.15) is 12.2 Å². The molecule has 21 atom stereocenters. The van der Waals surface area contributed by atoms with Crippen LogP contribution >= 0.6 is 0 Å². The molecule has 408 valence electrons. The normalized spacial score (nSPS) is 45.5. The number of fused-ring (bicyclic) bond motifs is 2. The second-order valence-corrected chi connectivity index (χ2v) is 20.3. The number of rotatable bonds is 4. The zero-order chi connectivity index (χ0) is 53.1. The number of nitrogens with two attached hydrogens (primary N) is 2. The molecule has 0 aromatic heterocycles. The minimum absolute atomic E-state index is 0.0946. The minimum atomic E-state index is -2.28. The first-order chi connectivity index (χ1) is 34.1. The van der Waals surface area contributed by atoms with Gasteiger partial charge in [-0.25, -0.2) is 0 Å². The lowest BCUT2D eigenvalue weighted by atomic mass is 9.81. The third kappa shape index (κ3) is 19.7. The maximum Gasteiger partial charge on any atom is 0.308 e. The highest BCUT2D eigenvalue weighted by Crippen LogP contribution is 2.38. The van der Waals surface area contributed by atoms with E-state index in [-0.39, 0.29) is 43.7 Å². The summed E-state index contributed by atoms with van der Waals surface area (Å²) in [6.45, 7) is 6.81. The van der Waals surface area contributed by atoms with Gasteiger partial charge >= 0.3 is 5.97 Å². The van der Waals surface area contributed by atoms with Gasteiger partial charge < -0.3 is 86.8 Å². The molecule has 9 unspecified atom stereocenters. The van der Waals surface area contributed by atoms with Crippen LogP contribution in [0, 0.1) is 17.8 Å². The van der Waals surface area contributed by atoms with Crippen LogP contribution in [0.1, 0.15) is 105 Å². The fourth-order valence-electron chi connectivity index (χ4n) is 9.61. The third-order valence-electron chi connectivity index (χ3n) is 14.2. The van der Waals surface area contributed by atoms with Gasteiger partial charge in [-0.15, -0.1) is 0 Å². The Labute approximate surface area is 424 Å². The van der Waals surface area contributed by atoms with Crippen LogP contribution in [0.4, 0.5) is 0 Å². The fourth-order valence-corrected chi connectivity index (χ4v) is 9.61. The second-order valence-electron chi connectivity index (χ2n) is 20.3. The standard InChI is InChI=1S/C53H85N3O16/c1-31-19-15-13-11-9-7-5-6-8-10-12-14-16-20-38(71-52-50(66)47(55)49(65)34(4)70-52)28-44-46(51(67)56-40-22-18-17-21-39(40)54)43(62)30-53(68,72-44)29-37(59)26-42(61)41(60)24-23-35(57)25-36(58)27-45(63)69-33(3)32(2)48(31)64/h5-16,19-20,31-44,46-50,52,57-62,64-66,68H,17-18,21-30,54-55H2,1-4H3,(H,56,67)/b6-5+,9-7+,10-8+,13-11+,14-12+,19-15+,20-16+/t31-,32-,33-,34+,35?,36?,37-,38?,39+,40?,41?,42?,43-,44-,46?,47-,48?,49+,50-,52-,53?/m0/s1.